The molecule has 0 fully saturated rings. The Labute approximate surface area is 119 Å². The molecule has 0 atom stereocenters. The van der Waals surface area contributed by atoms with E-state index in [9.17, 15) is 0 Å². The molecular formula is C18H18N2. The fraction of sp³-hybridized carbons (Fsp3) is 0.222. The number of nitrogens with zero attached hydrogens (tertiary/aromatic N) is 2. The molecule has 20 heavy (non-hydrogen) atoms. The van der Waals surface area contributed by atoms with Crippen molar-refractivity contribution in [2.75, 3.05) is 25.7 Å². The minimum Gasteiger partial charge on any atom is -0.361 e. The minimum atomic E-state index is 0.992. The van der Waals surface area contributed by atoms with E-state index in [1.807, 2.05) is 0 Å². The van der Waals surface area contributed by atoms with Crippen LogP contribution in [-0.4, -0.2) is 25.7 Å². The van der Waals surface area contributed by atoms with Crippen LogP contribution in [0.5, 0.6) is 0 Å². The van der Waals surface area contributed by atoms with Gasteiger partial charge < -0.3 is 4.90 Å². The summed E-state index contributed by atoms with van der Waals surface area (Å²) >= 11 is 0. The highest BCUT2D eigenvalue weighted by atomic mass is 15.3. The van der Waals surface area contributed by atoms with Crippen molar-refractivity contribution in [3.63, 3.8) is 0 Å². The summed E-state index contributed by atoms with van der Waals surface area (Å²) in [6.45, 7) is 2.02. The van der Waals surface area contributed by atoms with Crippen LogP contribution < -0.4 is 4.90 Å². The monoisotopic (exact) mass is 262 g/mol. The zero-order valence-electron chi connectivity index (χ0n) is 11.9. The molecule has 1 heterocycles. The predicted molar refractivity (Wildman–Crippen MR) is 86.2 cm³/mol. The van der Waals surface area contributed by atoms with Gasteiger partial charge in [-0.25, -0.2) is 0 Å². The van der Waals surface area contributed by atoms with Gasteiger partial charge in [0, 0.05) is 19.3 Å². The Kier molecular flexibility index (Phi) is 2.48. The third-order valence-electron chi connectivity index (χ3n) is 4.27. The van der Waals surface area contributed by atoms with Crippen LogP contribution in [0.1, 0.15) is 5.56 Å². The lowest BCUT2D eigenvalue weighted by atomic mass is 9.97. The molecule has 0 unspecified atom stereocenters. The normalized spacial score (nSPS) is 15.8. The van der Waals surface area contributed by atoms with Gasteiger partial charge >= 0.3 is 0 Å². The molecule has 100 valence electrons. The molecule has 0 N–H and O–H groups in total. The molecule has 1 aliphatic heterocycles. The van der Waals surface area contributed by atoms with Gasteiger partial charge in [0.15, 0.2) is 0 Å². The van der Waals surface area contributed by atoms with Crippen LogP contribution in [0.3, 0.4) is 0 Å². The number of hydrogen-bond acceptors (Lipinski definition) is 2. The second-order valence-corrected chi connectivity index (χ2v) is 5.84. The van der Waals surface area contributed by atoms with E-state index >= 15 is 0 Å². The SMILES string of the molecule is CN1Cc2c(ccc3cc4ccccc4cc23)N(C)C1. The molecule has 2 nitrogen and oxygen atoms in total. The van der Waals surface area contributed by atoms with Crippen LogP contribution in [0.15, 0.2) is 48.5 Å². The Hall–Kier alpha value is -2.06. The molecular weight excluding hydrogens is 244 g/mol. The second kappa shape index (κ2) is 4.22. The molecule has 2 heteroatoms. The van der Waals surface area contributed by atoms with E-state index in [-0.39, 0.29) is 0 Å². The number of fused-ring (bicyclic) bond motifs is 4. The Morgan fingerprint density at radius 3 is 2.40 bits per heavy atom. The van der Waals surface area contributed by atoms with Crippen LogP contribution in [0.4, 0.5) is 5.69 Å². The summed E-state index contributed by atoms with van der Waals surface area (Å²) in [5.41, 5.74) is 2.82. The van der Waals surface area contributed by atoms with E-state index in [0.29, 0.717) is 0 Å². The van der Waals surface area contributed by atoms with E-state index in [1.54, 1.807) is 0 Å². The van der Waals surface area contributed by atoms with E-state index in [2.05, 4.69) is 72.4 Å². The molecule has 4 rings (SSSR count). The maximum atomic E-state index is 2.36. The summed E-state index contributed by atoms with van der Waals surface area (Å²) in [6.07, 6.45) is 0. The average Bonchev–Trinajstić information content (AvgIpc) is 2.45. The smallest absolute Gasteiger partial charge is 0.0704 e. The fourth-order valence-corrected chi connectivity index (χ4v) is 3.35. The number of benzene rings is 3. The minimum absolute atomic E-state index is 0.992. The Morgan fingerprint density at radius 1 is 0.850 bits per heavy atom. The molecule has 0 saturated heterocycles. The van der Waals surface area contributed by atoms with Crippen molar-refractivity contribution in [1.29, 1.82) is 0 Å². The lowest BCUT2D eigenvalue weighted by Crippen LogP contribution is -2.37. The Morgan fingerprint density at radius 2 is 1.60 bits per heavy atom. The van der Waals surface area contributed by atoms with Gasteiger partial charge in [-0.3, -0.25) is 4.90 Å². The standard InChI is InChI=1S/C18H18N2/c1-19-11-17-16-10-14-6-4-3-5-13(14)9-15(16)7-8-18(17)20(2)12-19/h3-10H,11-12H2,1-2H3. The summed E-state index contributed by atoms with van der Waals surface area (Å²) < 4.78 is 0. The highest BCUT2D eigenvalue weighted by molar-refractivity contribution is 6.01. The summed E-state index contributed by atoms with van der Waals surface area (Å²) in [5.74, 6) is 0. The molecule has 3 aromatic rings. The van der Waals surface area contributed by atoms with Crippen molar-refractivity contribution >= 4 is 27.2 Å². The number of anilines is 1. The third kappa shape index (κ3) is 1.69. The maximum absolute atomic E-state index is 2.36. The quantitative estimate of drug-likeness (QED) is 0.568. The van der Waals surface area contributed by atoms with Crippen molar-refractivity contribution in [3.05, 3.63) is 54.1 Å². The fourth-order valence-electron chi connectivity index (χ4n) is 3.35. The van der Waals surface area contributed by atoms with Gasteiger partial charge in [-0.2, -0.15) is 0 Å². The third-order valence-corrected chi connectivity index (χ3v) is 4.27. The lowest BCUT2D eigenvalue weighted by molar-refractivity contribution is 0.317. The van der Waals surface area contributed by atoms with Crippen molar-refractivity contribution in [3.8, 4) is 0 Å². The molecule has 3 aromatic carbocycles. The number of hydrogen-bond donors (Lipinski definition) is 0. The van der Waals surface area contributed by atoms with Gasteiger partial charge in [-0.05, 0) is 52.4 Å². The molecule has 0 radical (unpaired) electrons. The van der Waals surface area contributed by atoms with Crippen LogP contribution >= 0.6 is 0 Å². The highest BCUT2D eigenvalue weighted by Gasteiger charge is 2.19. The first kappa shape index (κ1) is 11.7. The molecule has 0 saturated carbocycles. The zero-order valence-corrected chi connectivity index (χ0v) is 11.9. The first-order valence-electron chi connectivity index (χ1n) is 7.06. The van der Waals surface area contributed by atoms with Gasteiger partial charge in [0.1, 0.15) is 0 Å². The highest BCUT2D eigenvalue weighted by Crippen LogP contribution is 2.34. The largest absolute Gasteiger partial charge is 0.361 e. The Bertz CT molecular complexity index is 807. The lowest BCUT2D eigenvalue weighted by Gasteiger charge is -2.34. The van der Waals surface area contributed by atoms with E-state index < -0.39 is 0 Å². The van der Waals surface area contributed by atoms with Gasteiger partial charge in [-0.1, -0.05) is 30.3 Å². The Balaban J connectivity index is 2.07. The van der Waals surface area contributed by atoms with Crippen LogP contribution in [0.2, 0.25) is 0 Å². The van der Waals surface area contributed by atoms with Crippen molar-refractivity contribution in [1.82, 2.24) is 4.90 Å². The second-order valence-electron chi connectivity index (χ2n) is 5.84. The van der Waals surface area contributed by atoms with Crippen LogP contribution in [0.25, 0.3) is 21.5 Å². The molecule has 0 amide bonds. The molecule has 0 aromatic heterocycles. The average molecular weight is 262 g/mol. The molecule has 1 aliphatic rings. The summed E-state index contributed by atoms with van der Waals surface area (Å²) in [4.78, 5) is 4.68. The summed E-state index contributed by atoms with van der Waals surface area (Å²) in [6, 6.07) is 17.8. The van der Waals surface area contributed by atoms with Crippen LogP contribution in [0, 0.1) is 0 Å². The molecule has 0 spiro atoms. The van der Waals surface area contributed by atoms with Gasteiger partial charge in [0.05, 0.1) is 6.67 Å². The van der Waals surface area contributed by atoms with Gasteiger partial charge in [-0.15, -0.1) is 0 Å². The van der Waals surface area contributed by atoms with E-state index in [1.165, 1.54) is 32.8 Å². The topological polar surface area (TPSA) is 6.48 Å². The number of rotatable bonds is 0. The van der Waals surface area contributed by atoms with Crippen LogP contribution in [-0.2, 0) is 6.54 Å². The summed E-state index contributed by atoms with van der Waals surface area (Å²) in [7, 11) is 4.35. The van der Waals surface area contributed by atoms with Crippen molar-refractivity contribution in [2.45, 2.75) is 6.54 Å². The van der Waals surface area contributed by atoms with Gasteiger partial charge in [0.2, 0.25) is 0 Å². The summed E-state index contributed by atoms with van der Waals surface area (Å²) in [5, 5.41) is 5.37. The van der Waals surface area contributed by atoms with E-state index in [4.69, 9.17) is 0 Å². The maximum Gasteiger partial charge on any atom is 0.0704 e. The van der Waals surface area contributed by atoms with Gasteiger partial charge in [0.25, 0.3) is 0 Å². The first-order chi connectivity index (χ1) is 9.72. The first-order valence-corrected chi connectivity index (χ1v) is 7.06. The molecule has 0 bridgehead atoms. The predicted octanol–water partition coefficient (Wildman–Crippen LogP) is 3.83. The zero-order chi connectivity index (χ0) is 13.7. The van der Waals surface area contributed by atoms with E-state index in [0.717, 1.165) is 13.2 Å². The molecule has 0 aliphatic carbocycles. The van der Waals surface area contributed by atoms with Crippen molar-refractivity contribution in [2.24, 2.45) is 0 Å². The van der Waals surface area contributed by atoms with Crippen molar-refractivity contribution < 1.29 is 0 Å².